The Labute approximate surface area is 162 Å². The van der Waals surface area contributed by atoms with Crippen LogP contribution in [0.4, 0.5) is 5.69 Å². The highest BCUT2D eigenvalue weighted by Gasteiger charge is 2.26. The van der Waals surface area contributed by atoms with Crippen LogP contribution in [0.3, 0.4) is 0 Å². The molecule has 0 bridgehead atoms. The zero-order valence-corrected chi connectivity index (χ0v) is 17.5. The summed E-state index contributed by atoms with van der Waals surface area (Å²) in [5, 5.41) is 7.79. The predicted octanol–water partition coefficient (Wildman–Crippen LogP) is 3.73. The molecule has 1 aromatic carbocycles. The summed E-state index contributed by atoms with van der Waals surface area (Å²) in [6.07, 6.45) is 6.86. The largest absolute Gasteiger partial charge is 0.381 e. The van der Waals surface area contributed by atoms with Gasteiger partial charge in [0.15, 0.2) is 0 Å². The van der Waals surface area contributed by atoms with Gasteiger partial charge in [0.25, 0.3) is 0 Å². The van der Waals surface area contributed by atoms with Crippen molar-refractivity contribution in [2.75, 3.05) is 18.4 Å². The van der Waals surface area contributed by atoms with Gasteiger partial charge in [-0.15, -0.1) is 0 Å². The molecule has 1 fully saturated rings. The number of aromatic nitrogens is 2. The molecule has 2 heterocycles. The molecule has 2 aromatic rings. The standard InChI is InChI=1S/C20H30N4O2S/c1-16-8-9-18(27(25,26)23-10-6-5-7-11-23)12-19(16)21-13-17-14-22-24(15-17)20(2,3)4/h8-9,12,14-15,21H,5-7,10-11,13H2,1-4H3. The van der Waals surface area contributed by atoms with Crippen molar-refractivity contribution in [1.82, 2.24) is 14.1 Å². The molecule has 1 N–H and O–H groups in total. The summed E-state index contributed by atoms with van der Waals surface area (Å²) in [6.45, 7) is 10.1. The van der Waals surface area contributed by atoms with Gasteiger partial charge in [-0.25, -0.2) is 8.42 Å². The number of hydrogen-bond acceptors (Lipinski definition) is 4. The van der Waals surface area contributed by atoms with Gasteiger partial charge in [-0.1, -0.05) is 12.5 Å². The van der Waals surface area contributed by atoms with Crippen LogP contribution in [-0.4, -0.2) is 35.6 Å². The topological polar surface area (TPSA) is 67.2 Å². The fourth-order valence-corrected chi connectivity index (χ4v) is 4.77. The van der Waals surface area contributed by atoms with E-state index in [4.69, 9.17) is 0 Å². The van der Waals surface area contributed by atoms with E-state index in [9.17, 15) is 8.42 Å². The Hall–Kier alpha value is -1.86. The number of benzene rings is 1. The summed E-state index contributed by atoms with van der Waals surface area (Å²) in [6, 6.07) is 5.34. The third kappa shape index (κ3) is 4.52. The van der Waals surface area contributed by atoms with E-state index in [2.05, 4.69) is 31.2 Å². The normalized spacial score (nSPS) is 16.4. The molecule has 0 amide bonds. The first kappa shape index (κ1) is 19.9. The van der Waals surface area contributed by atoms with Crippen molar-refractivity contribution in [3.05, 3.63) is 41.7 Å². The number of aryl methyl sites for hydroxylation is 1. The molecule has 1 aromatic heterocycles. The van der Waals surface area contributed by atoms with E-state index in [1.807, 2.05) is 30.1 Å². The maximum Gasteiger partial charge on any atom is 0.243 e. The van der Waals surface area contributed by atoms with Gasteiger partial charge < -0.3 is 5.32 Å². The quantitative estimate of drug-likeness (QED) is 0.845. The molecule has 7 heteroatoms. The van der Waals surface area contributed by atoms with E-state index < -0.39 is 10.0 Å². The lowest BCUT2D eigenvalue weighted by Crippen LogP contribution is -2.35. The maximum atomic E-state index is 12.9. The van der Waals surface area contributed by atoms with Gasteiger partial charge in [-0.2, -0.15) is 9.40 Å². The van der Waals surface area contributed by atoms with Crippen molar-refractivity contribution < 1.29 is 8.42 Å². The second-order valence-electron chi connectivity index (χ2n) is 8.26. The fourth-order valence-electron chi connectivity index (χ4n) is 3.22. The second kappa shape index (κ2) is 7.64. The Morgan fingerprint density at radius 3 is 2.48 bits per heavy atom. The van der Waals surface area contributed by atoms with Gasteiger partial charge in [0, 0.05) is 37.1 Å². The summed E-state index contributed by atoms with van der Waals surface area (Å²) < 4.78 is 29.4. The van der Waals surface area contributed by atoms with E-state index >= 15 is 0 Å². The molecule has 27 heavy (non-hydrogen) atoms. The summed E-state index contributed by atoms with van der Waals surface area (Å²) >= 11 is 0. The van der Waals surface area contributed by atoms with E-state index in [1.54, 1.807) is 16.4 Å². The first-order valence-corrected chi connectivity index (χ1v) is 11.0. The molecule has 0 atom stereocenters. The van der Waals surface area contributed by atoms with Crippen LogP contribution in [-0.2, 0) is 22.1 Å². The molecule has 148 valence electrons. The lowest BCUT2D eigenvalue weighted by atomic mass is 10.1. The van der Waals surface area contributed by atoms with E-state index in [0.29, 0.717) is 24.5 Å². The predicted molar refractivity (Wildman–Crippen MR) is 108 cm³/mol. The van der Waals surface area contributed by atoms with Crippen LogP contribution in [0.1, 0.15) is 51.2 Å². The highest BCUT2D eigenvalue weighted by Crippen LogP contribution is 2.25. The van der Waals surface area contributed by atoms with Gasteiger partial charge >= 0.3 is 0 Å². The first-order chi connectivity index (χ1) is 12.7. The minimum Gasteiger partial charge on any atom is -0.381 e. The highest BCUT2D eigenvalue weighted by atomic mass is 32.2. The summed E-state index contributed by atoms with van der Waals surface area (Å²) in [5.41, 5.74) is 2.87. The van der Waals surface area contributed by atoms with Crippen molar-refractivity contribution in [3.63, 3.8) is 0 Å². The Morgan fingerprint density at radius 1 is 1.15 bits per heavy atom. The van der Waals surface area contributed by atoms with Crippen LogP contribution >= 0.6 is 0 Å². The van der Waals surface area contributed by atoms with Crippen molar-refractivity contribution in [2.24, 2.45) is 0 Å². The van der Waals surface area contributed by atoms with Gasteiger partial charge in [-0.3, -0.25) is 4.68 Å². The lowest BCUT2D eigenvalue weighted by molar-refractivity contribution is 0.346. The minimum absolute atomic E-state index is 0.0589. The average molecular weight is 391 g/mol. The van der Waals surface area contributed by atoms with Gasteiger partial charge in [0.2, 0.25) is 10.0 Å². The average Bonchev–Trinajstić information content (AvgIpc) is 3.11. The Balaban J connectivity index is 1.76. The number of sulfonamides is 1. The minimum atomic E-state index is -3.42. The Morgan fingerprint density at radius 2 is 1.85 bits per heavy atom. The van der Waals surface area contributed by atoms with Crippen molar-refractivity contribution in [1.29, 1.82) is 0 Å². The third-order valence-electron chi connectivity index (χ3n) is 4.97. The summed E-state index contributed by atoms with van der Waals surface area (Å²) in [5.74, 6) is 0. The van der Waals surface area contributed by atoms with Crippen LogP contribution in [0.15, 0.2) is 35.5 Å². The second-order valence-corrected chi connectivity index (χ2v) is 10.2. The third-order valence-corrected chi connectivity index (χ3v) is 6.86. The van der Waals surface area contributed by atoms with Gasteiger partial charge in [-0.05, 0) is 58.2 Å². The van der Waals surface area contributed by atoms with Crippen LogP contribution in [0, 0.1) is 6.92 Å². The number of hydrogen-bond donors (Lipinski definition) is 1. The highest BCUT2D eigenvalue weighted by molar-refractivity contribution is 7.89. The van der Waals surface area contributed by atoms with E-state index in [-0.39, 0.29) is 5.54 Å². The molecule has 3 rings (SSSR count). The van der Waals surface area contributed by atoms with Gasteiger partial charge in [0.05, 0.1) is 16.6 Å². The summed E-state index contributed by atoms with van der Waals surface area (Å²) in [4.78, 5) is 0.364. The molecule has 0 radical (unpaired) electrons. The number of nitrogens with zero attached hydrogens (tertiary/aromatic N) is 3. The molecular weight excluding hydrogens is 360 g/mol. The molecule has 0 saturated carbocycles. The molecule has 0 aliphatic carbocycles. The molecule has 1 aliphatic rings. The van der Waals surface area contributed by atoms with E-state index in [0.717, 1.165) is 36.1 Å². The van der Waals surface area contributed by atoms with Gasteiger partial charge in [0.1, 0.15) is 0 Å². The van der Waals surface area contributed by atoms with Crippen molar-refractivity contribution >= 4 is 15.7 Å². The smallest absolute Gasteiger partial charge is 0.243 e. The molecule has 1 aliphatic heterocycles. The molecule has 0 unspecified atom stereocenters. The number of anilines is 1. The van der Waals surface area contributed by atoms with Crippen LogP contribution < -0.4 is 5.32 Å². The van der Waals surface area contributed by atoms with Crippen LogP contribution in [0.25, 0.3) is 0 Å². The van der Waals surface area contributed by atoms with E-state index in [1.165, 1.54) is 0 Å². The lowest BCUT2D eigenvalue weighted by Gasteiger charge is -2.26. The number of piperidine rings is 1. The molecule has 1 saturated heterocycles. The Kier molecular flexibility index (Phi) is 5.63. The number of rotatable bonds is 5. The monoisotopic (exact) mass is 390 g/mol. The van der Waals surface area contributed by atoms with Crippen molar-refractivity contribution in [2.45, 2.75) is 63.9 Å². The van der Waals surface area contributed by atoms with Crippen molar-refractivity contribution in [3.8, 4) is 0 Å². The number of nitrogens with one attached hydrogen (secondary N) is 1. The zero-order chi connectivity index (χ0) is 19.7. The molecule has 0 spiro atoms. The molecule has 6 nitrogen and oxygen atoms in total. The van der Waals surface area contributed by atoms with Crippen LogP contribution in [0.5, 0.6) is 0 Å². The summed E-state index contributed by atoms with van der Waals surface area (Å²) in [7, 11) is -3.42. The Bertz CT molecular complexity index is 891. The fraction of sp³-hybridized carbons (Fsp3) is 0.550. The van der Waals surface area contributed by atoms with Crippen LogP contribution in [0.2, 0.25) is 0 Å². The SMILES string of the molecule is Cc1ccc(S(=O)(=O)N2CCCCC2)cc1NCc1cnn(C(C)(C)C)c1. The maximum absolute atomic E-state index is 12.9. The first-order valence-electron chi connectivity index (χ1n) is 9.56. The molecular formula is C20H30N4O2S. The zero-order valence-electron chi connectivity index (χ0n) is 16.7.